The Bertz CT molecular complexity index is 723. The minimum atomic E-state index is -0.0859. The van der Waals surface area contributed by atoms with E-state index in [1.54, 1.807) is 26.0 Å². The van der Waals surface area contributed by atoms with Crippen molar-refractivity contribution in [1.82, 2.24) is 20.9 Å². The average Bonchev–Trinajstić information content (AvgIpc) is 2.72. The number of likely N-dealkylation sites (N-methyl/N-ethyl adjacent to an activating group) is 1. The molecule has 168 valence electrons. The molecule has 0 bridgehead atoms. The van der Waals surface area contributed by atoms with Gasteiger partial charge in [0.25, 0.3) is 5.91 Å². The third-order valence-electron chi connectivity index (χ3n) is 5.43. The number of carbonyl (C=O) groups is 2. The van der Waals surface area contributed by atoms with Crippen molar-refractivity contribution in [2.24, 2.45) is 10.9 Å². The van der Waals surface area contributed by atoms with Crippen LogP contribution in [0, 0.1) is 5.92 Å². The zero-order valence-corrected chi connectivity index (χ0v) is 20.9. The lowest BCUT2D eigenvalue weighted by Crippen LogP contribution is -2.48. The highest BCUT2D eigenvalue weighted by atomic mass is 127. The molecule has 8 heteroatoms. The van der Waals surface area contributed by atoms with Crippen molar-refractivity contribution in [3.63, 3.8) is 0 Å². The summed E-state index contributed by atoms with van der Waals surface area (Å²) in [7, 11) is 5.11. The standard InChI is InChI=1S/C22H35N5O2.HI/c1-16-8-5-6-11-19(16)26-22(25-15-20(28)27(3)4)24-13-12-17-9-7-10-18(14-17)21(29)23-2;/h7,9-10,14,16,19H,5-6,8,11-13,15H2,1-4H3,(H,23,29)(H2,24,25,26);1H. The number of carbonyl (C=O) groups excluding carboxylic acids is 2. The maximum atomic E-state index is 12.0. The van der Waals surface area contributed by atoms with Gasteiger partial charge < -0.3 is 20.9 Å². The van der Waals surface area contributed by atoms with Crippen molar-refractivity contribution in [3.8, 4) is 0 Å². The quantitative estimate of drug-likeness (QED) is 0.288. The third kappa shape index (κ3) is 8.49. The topological polar surface area (TPSA) is 85.8 Å². The van der Waals surface area contributed by atoms with E-state index in [0.717, 1.165) is 18.4 Å². The van der Waals surface area contributed by atoms with Gasteiger partial charge in [0.15, 0.2) is 5.96 Å². The van der Waals surface area contributed by atoms with E-state index in [4.69, 9.17) is 0 Å². The molecule has 1 saturated carbocycles. The molecular weight excluding hydrogens is 493 g/mol. The fourth-order valence-electron chi connectivity index (χ4n) is 3.48. The zero-order valence-electron chi connectivity index (χ0n) is 18.5. The van der Waals surface area contributed by atoms with Crippen molar-refractivity contribution in [1.29, 1.82) is 0 Å². The van der Waals surface area contributed by atoms with Gasteiger partial charge >= 0.3 is 0 Å². The van der Waals surface area contributed by atoms with Gasteiger partial charge in [-0.3, -0.25) is 9.59 Å². The van der Waals surface area contributed by atoms with Crippen LogP contribution < -0.4 is 16.0 Å². The first-order valence-corrected chi connectivity index (χ1v) is 10.5. The Morgan fingerprint density at radius 3 is 2.60 bits per heavy atom. The van der Waals surface area contributed by atoms with Gasteiger partial charge in [-0.05, 0) is 42.9 Å². The number of aliphatic imine (C=N–C) groups is 1. The van der Waals surface area contributed by atoms with E-state index in [-0.39, 0.29) is 42.3 Å². The lowest BCUT2D eigenvalue weighted by atomic mass is 9.86. The van der Waals surface area contributed by atoms with Crippen LogP contribution in [0.1, 0.15) is 48.5 Å². The molecule has 1 aliphatic rings. The van der Waals surface area contributed by atoms with E-state index >= 15 is 0 Å². The monoisotopic (exact) mass is 529 g/mol. The average molecular weight is 529 g/mol. The summed E-state index contributed by atoms with van der Waals surface area (Å²) >= 11 is 0. The number of benzene rings is 1. The highest BCUT2D eigenvalue weighted by Gasteiger charge is 2.22. The van der Waals surface area contributed by atoms with Crippen LogP contribution in [0.3, 0.4) is 0 Å². The minimum Gasteiger partial charge on any atom is -0.356 e. The number of hydrogen-bond donors (Lipinski definition) is 3. The summed E-state index contributed by atoms with van der Waals surface area (Å²) in [4.78, 5) is 29.8. The minimum absolute atomic E-state index is 0. The van der Waals surface area contributed by atoms with E-state index in [1.807, 2.05) is 24.3 Å². The van der Waals surface area contributed by atoms with Gasteiger partial charge in [-0.15, -0.1) is 24.0 Å². The first kappa shape index (κ1) is 26.2. The maximum Gasteiger partial charge on any atom is 0.251 e. The molecule has 7 nitrogen and oxygen atoms in total. The second-order valence-electron chi connectivity index (χ2n) is 7.92. The SMILES string of the molecule is CNC(=O)c1cccc(CCNC(=NCC(=O)N(C)C)NC2CCCCC2C)c1.I. The maximum absolute atomic E-state index is 12.0. The number of amides is 2. The molecule has 1 aromatic rings. The van der Waals surface area contributed by atoms with Gasteiger partial charge in [0.05, 0.1) is 0 Å². The summed E-state index contributed by atoms with van der Waals surface area (Å²) in [6.45, 7) is 3.06. The summed E-state index contributed by atoms with van der Waals surface area (Å²) < 4.78 is 0. The predicted molar refractivity (Wildman–Crippen MR) is 133 cm³/mol. The van der Waals surface area contributed by atoms with Crippen LogP contribution in [0.2, 0.25) is 0 Å². The molecule has 0 aromatic heterocycles. The first-order chi connectivity index (χ1) is 13.9. The van der Waals surface area contributed by atoms with Crippen LogP contribution in [0.5, 0.6) is 0 Å². The number of hydrogen-bond acceptors (Lipinski definition) is 3. The van der Waals surface area contributed by atoms with Crippen LogP contribution in [-0.2, 0) is 11.2 Å². The molecule has 2 atom stereocenters. The Kier molecular flexibility index (Phi) is 11.8. The lowest BCUT2D eigenvalue weighted by Gasteiger charge is -2.31. The Hall–Kier alpha value is -1.84. The van der Waals surface area contributed by atoms with Crippen molar-refractivity contribution in [3.05, 3.63) is 35.4 Å². The fraction of sp³-hybridized carbons (Fsp3) is 0.591. The molecule has 1 aromatic carbocycles. The number of nitrogens with one attached hydrogen (secondary N) is 3. The molecule has 0 spiro atoms. The molecule has 0 aliphatic heterocycles. The van der Waals surface area contributed by atoms with Gasteiger partial charge in [0.1, 0.15) is 6.54 Å². The normalized spacial score (nSPS) is 18.7. The van der Waals surface area contributed by atoms with E-state index in [9.17, 15) is 9.59 Å². The van der Waals surface area contributed by atoms with Gasteiger partial charge in [-0.1, -0.05) is 31.9 Å². The summed E-state index contributed by atoms with van der Waals surface area (Å²) in [5.41, 5.74) is 1.73. The molecule has 1 fully saturated rings. The van der Waals surface area contributed by atoms with Crippen LogP contribution in [0.4, 0.5) is 0 Å². The van der Waals surface area contributed by atoms with E-state index in [0.29, 0.717) is 30.0 Å². The summed E-state index contributed by atoms with van der Waals surface area (Å²) in [6, 6.07) is 8.00. The molecule has 1 aliphatic carbocycles. The second-order valence-corrected chi connectivity index (χ2v) is 7.92. The van der Waals surface area contributed by atoms with Crippen molar-refractivity contribution < 1.29 is 9.59 Å². The molecule has 0 heterocycles. The van der Waals surface area contributed by atoms with Crippen molar-refractivity contribution >= 4 is 41.8 Å². The van der Waals surface area contributed by atoms with Gasteiger partial charge in [0, 0.05) is 39.3 Å². The van der Waals surface area contributed by atoms with Gasteiger partial charge in [-0.2, -0.15) is 0 Å². The largest absolute Gasteiger partial charge is 0.356 e. The highest BCUT2D eigenvalue weighted by Crippen LogP contribution is 2.23. The number of rotatable bonds is 7. The van der Waals surface area contributed by atoms with Crippen LogP contribution in [0.25, 0.3) is 0 Å². The number of halogens is 1. The molecule has 3 N–H and O–H groups in total. The summed E-state index contributed by atoms with van der Waals surface area (Å²) in [5.74, 6) is 1.16. The smallest absolute Gasteiger partial charge is 0.251 e. The molecule has 2 rings (SSSR count). The van der Waals surface area contributed by atoms with E-state index < -0.39 is 0 Å². The van der Waals surface area contributed by atoms with Crippen LogP contribution in [-0.4, -0.2) is 62.9 Å². The Labute approximate surface area is 197 Å². The van der Waals surface area contributed by atoms with Crippen LogP contribution in [0.15, 0.2) is 29.3 Å². The lowest BCUT2D eigenvalue weighted by molar-refractivity contribution is -0.127. The fourth-order valence-corrected chi connectivity index (χ4v) is 3.48. The van der Waals surface area contributed by atoms with Crippen LogP contribution >= 0.6 is 24.0 Å². The second kappa shape index (κ2) is 13.5. The first-order valence-electron chi connectivity index (χ1n) is 10.5. The molecule has 2 amide bonds. The predicted octanol–water partition coefficient (Wildman–Crippen LogP) is 2.41. The van der Waals surface area contributed by atoms with E-state index in [1.165, 1.54) is 19.3 Å². The molecule has 0 radical (unpaired) electrons. The number of guanidine groups is 1. The molecule has 2 unspecified atom stereocenters. The number of nitrogens with zero attached hydrogens (tertiary/aromatic N) is 2. The Morgan fingerprint density at radius 2 is 1.93 bits per heavy atom. The van der Waals surface area contributed by atoms with Crippen molar-refractivity contribution in [2.75, 3.05) is 34.2 Å². The summed E-state index contributed by atoms with van der Waals surface area (Å²) in [5, 5.41) is 9.54. The highest BCUT2D eigenvalue weighted by molar-refractivity contribution is 14.0. The Balaban J connectivity index is 0.00000450. The zero-order chi connectivity index (χ0) is 21.2. The van der Waals surface area contributed by atoms with Crippen molar-refractivity contribution in [2.45, 2.75) is 45.1 Å². The molecule has 30 heavy (non-hydrogen) atoms. The van der Waals surface area contributed by atoms with Gasteiger partial charge in [-0.25, -0.2) is 4.99 Å². The summed E-state index contributed by atoms with van der Waals surface area (Å²) in [6.07, 6.45) is 5.59. The third-order valence-corrected chi connectivity index (χ3v) is 5.43. The van der Waals surface area contributed by atoms with Gasteiger partial charge in [0.2, 0.25) is 5.91 Å². The molecular formula is C22H36IN5O2. The Morgan fingerprint density at radius 1 is 1.20 bits per heavy atom. The molecule has 0 saturated heterocycles. The van der Waals surface area contributed by atoms with E-state index in [2.05, 4.69) is 27.9 Å².